The second kappa shape index (κ2) is 5.13. The first-order valence-corrected chi connectivity index (χ1v) is 6.46. The van der Waals surface area contributed by atoms with Crippen LogP contribution in [-0.2, 0) is 0 Å². The Kier molecular flexibility index (Phi) is 3.17. The summed E-state index contributed by atoms with van der Waals surface area (Å²) in [5.74, 6) is 0.0805. The first-order chi connectivity index (χ1) is 9.75. The molecule has 0 N–H and O–H groups in total. The number of benzene rings is 2. The highest BCUT2D eigenvalue weighted by Crippen LogP contribution is 2.26. The fourth-order valence-electron chi connectivity index (χ4n) is 2.21. The zero-order valence-electron chi connectivity index (χ0n) is 11.2. The standard InChI is InChI=1S/C17H14N2O/c1-13(20)14-7-9-15(10-8-14)16-5-2-3-6-17(16)19-12-4-11-18-19/h2-12H,1H3. The molecule has 1 heterocycles. The zero-order chi connectivity index (χ0) is 13.9. The van der Waals surface area contributed by atoms with E-state index in [9.17, 15) is 4.79 Å². The minimum absolute atomic E-state index is 0.0805. The molecule has 0 saturated carbocycles. The molecule has 0 atom stereocenters. The molecule has 0 bridgehead atoms. The van der Waals surface area contributed by atoms with Gasteiger partial charge in [0, 0.05) is 23.5 Å². The van der Waals surface area contributed by atoms with E-state index in [-0.39, 0.29) is 5.78 Å². The summed E-state index contributed by atoms with van der Waals surface area (Å²) in [5, 5.41) is 4.28. The van der Waals surface area contributed by atoms with Gasteiger partial charge in [0.25, 0.3) is 0 Å². The lowest BCUT2D eigenvalue weighted by Gasteiger charge is -2.10. The number of carbonyl (C=O) groups is 1. The van der Waals surface area contributed by atoms with Crippen molar-refractivity contribution in [3.05, 3.63) is 72.6 Å². The van der Waals surface area contributed by atoms with Gasteiger partial charge in [-0.25, -0.2) is 4.68 Å². The largest absolute Gasteiger partial charge is 0.295 e. The fraction of sp³-hybridized carbons (Fsp3) is 0.0588. The predicted octanol–water partition coefficient (Wildman–Crippen LogP) is 3.74. The van der Waals surface area contributed by atoms with Crippen molar-refractivity contribution in [1.82, 2.24) is 9.78 Å². The highest BCUT2D eigenvalue weighted by Gasteiger charge is 2.07. The van der Waals surface area contributed by atoms with Gasteiger partial charge >= 0.3 is 0 Å². The molecule has 3 aromatic rings. The van der Waals surface area contributed by atoms with Gasteiger partial charge in [0.1, 0.15) is 0 Å². The van der Waals surface area contributed by atoms with Gasteiger partial charge in [-0.15, -0.1) is 0 Å². The van der Waals surface area contributed by atoms with Crippen LogP contribution in [0.3, 0.4) is 0 Å². The summed E-state index contributed by atoms with van der Waals surface area (Å²) < 4.78 is 1.84. The molecule has 0 fully saturated rings. The van der Waals surface area contributed by atoms with E-state index in [4.69, 9.17) is 0 Å². The van der Waals surface area contributed by atoms with Gasteiger partial charge in [-0.3, -0.25) is 4.79 Å². The van der Waals surface area contributed by atoms with E-state index < -0.39 is 0 Å². The molecule has 3 nitrogen and oxygen atoms in total. The number of aromatic nitrogens is 2. The Balaban J connectivity index is 2.08. The average Bonchev–Trinajstić information content (AvgIpc) is 3.01. The Morgan fingerprint density at radius 1 is 1.00 bits per heavy atom. The smallest absolute Gasteiger partial charge is 0.159 e. The summed E-state index contributed by atoms with van der Waals surface area (Å²) >= 11 is 0. The molecular formula is C17H14N2O. The molecule has 0 aliphatic carbocycles. The molecule has 0 saturated heterocycles. The van der Waals surface area contributed by atoms with Crippen LogP contribution in [0.25, 0.3) is 16.8 Å². The van der Waals surface area contributed by atoms with Crippen LogP contribution in [0.2, 0.25) is 0 Å². The lowest BCUT2D eigenvalue weighted by Crippen LogP contribution is -1.97. The van der Waals surface area contributed by atoms with Gasteiger partial charge in [0.15, 0.2) is 5.78 Å². The van der Waals surface area contributed by atoms with Gasteiger partial charge in [-0.1, -0.05) is 42.5 Å². The number of rotatable bonds is 3. The van der Waals surface area contributed by atoms with Crippen LogP contribution in [0.4, 0.5) is 0 Å². The number of para-hydroxylation sites is 1. The maximum atomic E-state index is 11.3. The highest BCUT2D eigenvalue weighted by molar-refractivity contribution is 5.94. The molecule has 0 spiro atoms. The quantitative estimate of drug-likeness (QED) is 0.674. The molecule has 3 rings (SSSR count). The molecule has 2 aromatic carbocycles. The van der Waals surface area contributed by atoms with Crippen LogP contribution in [-0.4, -0.2) is 15.6 Å². The molecule has 0 radical (unpaired) electrons. The fourth-order valence-corrected chi connectivity index (χ4v) is 2.21. The third-order valence-corrected chi connectivity index (χ3v) is 3.26. The van der Waals surface area contributed by atoms with Crippen LogP contribution in [0.1, 0.15) is 17.3 Å². The maximum absolute atomic E-state index is 11.3. The van der Waals surface area contributed by atoms with E-state index in [1.54, 1.807) is 13.1 Å². The van der Waals surface area contributed by atoms with Crippen LogP contribution < -0.4 is 0 Å². The molecule has 98 valence electrons. The SMILES string of the molecule is CC(=O)c1ccc(-c2ccccc2-n2cccn2)cc1. The molecular weight excluding hydrogens is 248 g/mol. The van der Waals surface area contributed by atoms with Crippen molar-refractivity contribution in [2.75, 3.05) is 0 Å². The van der Waals surface area contributed by atoms with E-state index in [0.29, 0.717) is 0 Å². The molecule has 0 aliphatic heterocycles. The van der Waals surface area contributed by atoms with Crippen LogP contribution in [0, 0.1) is 0 Å². The Bertz CT molecular complexity index is 728. The van der Waals surface area contributed by atoms with Crippen molar-refractivity contribution in [1.29, 1.82) is 0 Å². The molecule has 3 heteroatoms. The normalized spacial score (nSPS) is 10.4. The van der Waals surface area contributed by atoms with Crippen LogP contribution in [0.15, 0.2) is 67.0 Å². The number of Topliss-reactive ketones (excluding diaryl/α,β-unsaturated/α-hetero) is 1. The number of hydrogen-bond acceptors (Lipinski definition) is 2. The van der Waals surface area contributed by atoms with Gasteiger partial charge in [0.2, 0.25) is 0 Å². The van der Waals surface area contributed by atoms with E-state index in [0.717, 1.165) is 22.4 Å². The summed E-state index contributed by atoms with van der Waals surface area (Å²) in [7, 11) is 0. The number of ketones is 1. The van der Waals surface area contributed by atoms with E-state index in [1.165, 1.54) is 0 Å². The Hall–Kier alpha value is -2.68. The van der Waals surface area contributed by atoms with Gasteiger partial charge in [0.05, 0.1) is 5.69 Å². The minimum atomic E-state index is 0.0805. The second-order valence-electron chi connectivity index (χ2n) is 4.60. The first-order valence-electron chi connectivity index (χ1n) is 6.46. The van der Waals surface area contributed by atoms with Crippen molar-refractivity contribution in [3.63, 3.8) is 0 Å². The number of carbonyl (C=O) groups excluding carboxylic acids is 1. The molecule has 0 unspecified atom stereocenters. The molecule has 20 heavy (non-hydrogen) atoms. The second-order valence-corrected chi connectivity index (χ2v) is 4.60. The van der Waals surface area contributed by atoms with Gasteiger partial charge in [-0.2, -0.15) is 5.10 Å². The molecule has 0 aliphatic rings. The molecule has 0 amide bonds. The maximum Gasteiger partial charge on any atom is 0.159 e. The topological polar surface area (TPSA) is 34.9 Å². The van der Waals surface area contributed by atoms with Crippen molar-refractivity contribution in [3.8, 4) is 16.8 Å². The van der Waals surface area contributed by atoms with Crippen molar-refractivity contribution in [2.24, 2.45) is 0 Å². The zero-order valence-corrected chi connectivity index (χ0v) is 11.2. The summed E-state index contributed by atoms with van der Waals surface area (Å²) in [6.07, 6.45) is 3.68. The predicted molar refractivity (Wildman–Crippen MR) is 79.0 cm³/mol. The summed E-state index contributed by atoms with van der Waals surface area (Å²) in [4.78, 5) is 11.3. The van der Waals surface area contributed by atoms with Crippen molar-refractivity contribution >= 4 is 5.78 Å². The van der Waals surface area contributed by atoms with Gasteiger partial charge in [-0.05, 0) is 24.6 Å². The van der Waals surface area contributed by atoms with Crippen LogP contribution >= 0.6 is 0 Å². The highest BCUT2D eigenvalue weighted by atomic mass is 16.1. The van der Waals surface area contributed by atoms with E-state index >= 15 is 0 Å². The summed E-state index contributed by atoms with van der Waals surface area (Å²) in [5.41, 5.74) is 3.91. The molecule has 1 aromatic heterocycles. The average molecular weight is 262 g/mol. The van der Waals surface area contributed by atoms with Crippen molar-refractivity contribution in [2.45, 2.75) is 6.92 Å². The van der Waals surface area contributed by atoms with Crippen LogP contribution in [0.5, 0.6) is 0 Å². The number of nitrogens with zero attached hydrogens (tertiary/aromatic N) is 2. The third-order valence-electron chi connectivity index (χ3n) is 3.26. The first kappa shape index (κ1) is 12.4. The Morgan fingerprint density at radius 2 is 1.75 bits per heavy atom. The van der Waals surface area contributed by atoms with E-state index in [2.05, 4.69) is 11.2 Å². The summed E-state index contributed by atoms with van der Waals surface area (Å²) in [6, 6.07) is 17.6. The lowest BCUT2D eigenvalue weighted by atomic mass is 10.0. The Labute approximate surface area is 117 Å². The monoisotopic (exact) mass is 262 g/mol. The van der Waals surface area contributed by atoms with E-state index in [1.807, 2.05) is 59.4 Å². The number of hydrogen-bond donors (Lipinski definition) is 0. The lowest BCUT2D eigenvalue weighted by molar-refractivity contribution is 0.101. The summed E-state index contributed by atoms with van der Waals surface area (Å²) in [6.45, 7) is 1.58. The van der Waals surface area contributed by atoms with Gasteiger partial charge < -0.3 is 0 Å². The minimum Gasteiger partial charge on any atom is -0.295 e. The Morgan fingerprint density at radius 3 is 2.40 bits per heavy atom. The van der Waals surface area contributed by atoms with Crippen molar-refractivity contribution < 1.29 is 4.79 Å². The third kappa shape index (κ3) is 2.26.